The van der Waals surface area contributed by atoms with E-state index in [2.05, 4.69) is 15.5 Å². The molecule has 0 atom stereocenters. The van der Waals surface area contributed by atoms with Crippen LogP contribution in [0.4, 0.5) is 20.2 Å². The summed E-state index contributed by atoms with van der Waals surface area (Å²) in [4.78, 5) is 45.1. The molecule has 3 amide bonds. The lowest BCUT2D eigenvalue weighted by atomic mass is 10.1. The first-order chi connectivity index (χ1) is 19.9. The SMILES string of the molecule is O=C(Nc1cc(C(=O)N2CCCNCC2)ccc1N1CCCN(C(=O)c2cccc(F)c2)CC1)c1cccc(F)c1. The molecule has 214 valence electrons. The second-order valence-corrected chi connectivity index (χ2v) is 10.2. The van der Waals surface area contributed by atoms with Crippen molar-refractivity contribution in [3.8, 4) is 0 Å². The summed E-state index contributed by atoms with van der Waals surface area (Å²) in [6.45, 7) is 4.75. The highest BCUT2D eigenvalue weighted by Crippen LogP contribution is 2.30. The second-order valence-electron chi connectivity index (χ2n) is 10.2. The number of carbonyl (C=O) groups is 3. The number of nitrogens with one attached hydrogen (secondary N) is 2. The Bertz CT molecular complexity index is 1420. The summed E-state index contributed by atoms with van der Waals surface area (Å²) < 4.78 is 27.6. The van der Waals surface area contributed by atoms with Gasteiger partial charge in [-0.15, -0.1) is 0 Å². The molecule has 2 aliphatic rings. The predicted molar refractivity (Wildman–Crippen MR) is 153 cm³/mol. The summed E-state index contributed by atoms with van der Waals surface area (Å²) in [5, 5.41) is 6.19. The van der Waals surface area contributed by atoms with Gasteiger partial charge in [0.25, 0.3) is 17.7 Å². The van der Waals surface area contributed by atoms with Gasteiger partial charge in [-0.05, 0) is 74.0 Å². The highest BCUT2D eigenvalue weighted by molar-refractivity contribution is 6.07. The maximum atomic E-state index is 13.8. The standard InChI is InChI=1S/C31H33F2N5O3/c32-25-7-1-5-22(19-25)29(39)35-27-21-24(31(41)37-13-3-11-34-12-16-37)9-10-28(27)36-14-4-15-38(18-17-36)30(40)23-6-2-8-26(33)20-23/h1-2,5-10,19-21,34H,3-4,11-18H2,(H,35,39). The van der Waals surface area contributed by atoms with E-state index in [9.17, 15) is 23.2 Å². The first kappa shape index (κ1) is 28.2. The molecule has 5 rings (SSSR count). The Morgan fingerprint density at radius 2 is 1.32 bits per heavy atom. The van der Waals surface area contributed by atoms with Crippen molar-refractivity contribution >= 4 is 29.1 Å². The Morgan fingerprint density at radius 1 is 0.659 bits per heavy atom. The molecule has 3 aromatic rings. The van der Waals surface area contributed by atoms with Gasteiger partial charge in [0.15, 0.2) is 0 Å². The van der Waals surface area contributed by atoms with Gasteiger partial charge >= 0.3 is 0 Å². The lowest BCUT2D eigenvalue weighted by Crippen LogP contribution is -2.35. The van der Waals surface area contributed by atoms with Gasteiger partial charge in [0, 0.05) is 62.5 Å². The fourth-order valence-electron chi connectivity index (χ4n) is 5.27. The molecular formula is C31H33F2N5O3. The molecule has 0 saturated carbocycles. The zero-order chi connectivity index (χ0) is 28.8. The Balaban J connectivity index is 1.40. The van der Waals surface area contributed by atoms with E-state index in [0.29, 0.717) is 74.7 Å². The zero-order valence-electron chi connectivity index (χ0n) is 22.7. The molecule has 2 saturated heterocycles. The third kappa shape index (κ3) is 6.89. The van der Waals surface area contributed by atoms with Gasteiger partial charge in [-0.25, -0.2) is 8.78 Å². The summed E-state index contributed by atoms with van der Waals surface area (Å²) >= 11 is 0. The van der Waals surface area contributed by atoms with Crippen LogP contribution >= 0.6 is 0 Å². The van der Waals surface area contributed by atoms with Gasteiger partial charge in [0.2, 0.25) is 0 Å². The van der Waals surface area contributed by atoms with Crippen LogP contribution in [0.15, 0.2) is 66.7 Å². The maximum absolute atomic E-state index is 13.8. The second kappa shape index (κ2) is 12.9. The molecule has 0 unspecified atom stereocenters. The largest absolute Gasteiger partial charge is 0.368 e. The lowest BCUT2D eigenvalue weighted by molar-refractivity contribution is 0.0759. The fraction of sp³-hybridized carbons (Fsp3) is 0.323. The smallest absolute Gasteiger partial charge is 0.255 e. The number of amides is 3. The number of hydrogen-bond acceptors (Lipinski definition) is 5. The summed E-state index contributed by atoms with van der Waals surface area (Å²) in [5.41, 5.74) is 2.04. The molecule has 2 N–H and O–H groups in total. The van der Waals surface area contributed by atoms with Crippen molar-refractivity contribution in [2.24, 2.45) is 0 Å². The molecule has 41 heavy (non-hydrogen) atoms. The Labute approximate surface area is 237 Å². The molecule has 0 aromatic heterocycles. The Morgan fingerprint density at radius 3 is 2.07 bits per heavy atom. The minimum Gasteiger partial charge on any atom is -0.368 e. The molecule has 2 aliphatic heterocycles. The number of halogens is 2. The van der Waals surface area contributed by atoms with Gasteiger partial charge in [0.1, 0.15) is 11.6 Å². The van der Waals surface area contributed by atoms with E-state index in [-0.39, 0.29) is 17.4 Å². The maximum Gasteiger partial charge on any atom is 0.255 e. The van der Waals surface area contributed by atoms with Gasteiger partial charge < -0.3 is 25.3 Å². The van der Waals surface area contributed by atoms with E-state index in [0.717, 1.165) is 19.0 Å². The van der Waals surface area contributed by atoms with Crippen LogP contribution in [0.3, 0.4) is 0 Å². The minimum atomic E-state index is -0.521. The monoisotopic (exact) mass is 561 g/mol. The number of hydrogen-bond donors (Lipinski definition) is 2. The van der Waals surface area contributed by atoms with Gasteiger partial charge in [-0.2, -0.15) is 0 Å². The van der Waals surface area contributed by atoms with Crippen LogP contribution in [-0.4, -0.2) is 79.9 Å². The lowest BCUT2D eigenvalue weighted by Gasteiger charge is -2.27. The van der Waals surface area contributed by atoms with E-state index in [1.807, 2.05) is 6.07 Å². The quantitative estimate of drug-likeness (QED) is 0.492. The van der Waals surface area contributed by atoms with E-state index in [4.69, 9.17) is 0 Å². The molecule has 0 bridgehead atoms. The van der Waals surface area contributed by atoms with Crippen molar-refractivity contribution in [3.63, 3.8) is 0 Å². The van der Waals surface area contributed by atoms with Crippen LogP contribution in [-0.2, 0) is 0 Å². The van der Waals surface area contributed by atoms with E-state index >= 15 is 0 Å². The van der Waals surface area contributed by atoms with Gasteiger partial charge in [-0.3, -0.25) is 14.4 Å². The Kier molecular flexibility index (Phi) is 8.88. The van der Waals surface area contributed by atoms with Crippen molar-refractivity contribution in [1.29, 1.82) is 0 Å². The fourth-order valence-corrected chi connectivity index (χ4v) is 5.27. The predicted octanol–water partition coefficient (Wildman–Crippen LogP) is 4.01. The van der Waals surface area contributed by atoms with Crippen LogP contribution in [0.1, 0.15) is 43.9 Å². The number of rotatable bonds is 5. The topological polar surface area (TPSA) is 85.0 Å². The molecular weight excluding hydrogens is 528 g/mol. The van der Waals surface area contributed by atoms with Crippen molar-refractivity contribution in [3.05, 3.63) is 95.1 Å². The third-order valence-electron chi connectivity index (χ3n) is 7.40. The summed E-state index contributed by atoms with van der Waals surface area (Å²) in [6.07, 6.45) is 1.51. The Hall–Kier alpha value is -4.31. The molecule has 3 aromatic carbocycles. The van der Waals surface area contributed by atoms with Crippen LogP contribution in [0.5, 0.6) is 0 Å². The third-order valence-corrected chi connectivity index (χ3v) is 7.40. The van der Waals surface area contributed by atoms with Gasteiger partial charge in [-0.1, -0.05) is 12.1 Å². The summed E-state index contributed by atoms with van der Waals surface area (Å²) in [5.74, 6) is -1.83. The number of carbonyl (C=O) groups excluding carboxylic acids is 3. The molecule has 2 fully saturated rings. The number of nitrogens with zero attached hydrogens (tertiary/aromatic N) is 3. The average Bonchev–Trinajstić information content (AvgIpc) is 3.40. The molecule has 8 nitrogen and oxygen atoms in total. The zero-order valence-corrected chi connectivity index (χ0v) is 22.7. The summed E-state index contributed by atoms with van der Waals surface area (Å²) in [6, 6.07) is 16.3. The van der Waals surface area contributed by atoms with Crippen molar-refractivity contribution < 1.29 is 23.2 Å². The molecule has 0 radical (unpaired) electrons. The number of anilines is 2. The first-order valence-electron chi connectivity index (χ1n) is 13.9. The van der Waals surface area contributed by atoms with Crippen molar-refractivity contribution in [2.45, 2.75) is 12.8 Å². The minimum absolute atomic E-state index is 0.121. The highest BCUT2D eigenvalue weighted by atomic mass is 19.1. The van der Waals surface area contributed by atoms with Crippen LogP contribution in [0.2, 0.25) is 0 Å². The first-order valence-corrected chi connectivity index (χ1v) is 13.9. The summed E-state index contributed by atoms with van der Waals surface area (Å²) in [7, 11) is 0. The molecule has 0 aliphatic carbocycles. The molecule has 0 spiro atoms. The van der Waals surface area contributed by atoms with Crippen LogP contribution < -0.4 is 15.5 Å². The van der Waals surface area contributed by atoms with E-state index in [1.54, 1.807) is 28.0 Å². The highest BCUT2D eigenvalue weighted by Gasteiger charge is 2.24. The van der Waals surface area contributed by atoms with E-state index in [1.165, 1.54) is 36.4 Å². The normalized spacial score (nSPS) is 16.1. The van der Waals surface area contributed by atoms with Crippen molar-refractivity contribution in [1.82, 2.24) is 15.1 Å². The van der Waals surface area contributed by atoms with Crippen LogP contribution in [0, 0.1) is 11.6 Å². The van der Waals surface area contributed by atoms with E-state index < -0.39 is 17.5 Å². The molecule has 10 heteroatoms. The number of benzene rings is 3. The molecule has 2 heterocycles. The van der Waals surface area contributed by atoms with Gasteiger partial charge in [0.05, 0.1) is 11.4 Å². The van der Waals surface area contributed by atoms with Crippen molar-refractivity contribution in [2.75, 3.05) is 62.6 Å². The average molecular weight is 562 g/mol. The van der Waals surface area contributed by atoms with Crippen LogP contribution in [0.25, 0.3) is 0 Å².